The van der Waals surface area contributed by atoms with Crippen LogP contribution in [0.2, 0.25) is 0 Å². The number of carbonyl (C=O) groups is 2. The maximum Gasteiger partial charge on any atom is 0.336 e. The zero-order valence-corrected chi connectivity index (χ0v) is 12.4. The van der Waals surface area contributed by atoms with Crippen LogP contribution in [0.15, 0.2) is 24.3 Å². The average Bonchev–Trinajstić information content (AvgIpc) is 2.59. The third-order valence-corrected chi connectivity index (χ3v) is 2.90. The molecule has 10 nitrogen and oxygen atoms in total. The first-order chi connectivity index (χ1) is 11.2. The van der Waals surface area contributed by atoms with Crippen molar-refractivity contribution in [3.05, 3.63) is 35.4 Å². The molecule has 0 heterocycles. The number of hydrogen-bond acceptors (Lipinski definition) is 8. The van der Waals surface area contributed by atoms with Crippen molar-refractivity contribution in [2.24, 2.45) is 0 Å². The van der Waals surface area contributed by atoms with E-state index in [1.807, 2.05) is 0 Å². The van der Waals surface area contributed by atoms with Gasteiger partial charge in [0.05, 0.1) is 24.3 Å². The van der Waals surface area contributed by atoms with E-state index in [9.17, 15) is 9.59 Å². The lowest BCUT2D eigenvalue weighted by Crippen LogP contribution is -2.46. The molecule has 0 aromatic heterocycles. The fraction of sp³-hybridized carbons (Fsp3) is 0.429. The molecule has 0 amide bonds. The van der Waals surface area contributed by atoms with E-state index < -0.39 is 49.6 Å². The first-order valence-corrected chi connectivity index (χ1v) is 6.66. The van der Waals surface area contributed by atoms with E-state index in [0.717, 1.165) is 0 Å². The lowest BCUT2D eigenvalue weighted by atomic mass is 10.0. The molecule has 0 aliphatic heterocycles. The standard InChI is InChI=1S/C8H6O4.C6H14O6/c9-7(10)5-3-1-2-4-6(5)8(11)12;7-1-3(9)5(11)6(12)4(10)2-8/h1-4H,(H,9,10)(H,11,12);3-12H,1-2H2/t;3-,4-,5-,6-/m.1/s1. The van der Waals surface area contributed by atoms with Crippen LogP contribution in [-0.4, -0.2) is 90.4 Å². The molecule has 136 valence electrons. The highest BCUT2D eigenvalue weighted by Crippen LogP contribution is 2.08. The maximum atomic E-state index is 10.5. The van der Waals surface area contributed by atoms with E-state index >= 15 is 0 Å². The lowest BCUT2D eigenvalue weighted by Gasteiger charge is -2.24. The number of carboxylic acid groups (broad SMARTS) is 2. The van der Waals surface area contributed by atoms with Crippen LogP contribution in [0.1, 0.15) is 20.7 Å². The van der Waals surface area contributed by atoms with Gasteiger partial charge in [0.2, 0.25) is 0 Å². The van der Waals surface area contributed by atoms with Gasteiger partial charge in [0.1, 0.15) is 24.4 Å². The number of benzene rings is 1. The molecule has 0 bridgehead atoms. The van der Waals surface area contributed by atoms with Crippen LogP contribution in [0.25, 0.3) is 0 Å². The largest absolute Gasteiger partial charge is 0.478 e. The summed E-state index contributed by atoms with van der Waals surface area (Å²) in [7, 11) is 0. The highest BCUT2D eigenvalue weighted by Gasteiger charge is 2.29. The van der Waals surface area contributed by atoms with Crippen molar-refractivity contribution in [1.29, 1.82) is 0 Å². The van der Waals surface area contributed by atoms with Gasteiger partial charge in [-0.3, -0.25) is 0 Å². The molecule has 1 aromatic carbocycles. The number of aliphatic hydroxyl groups excluding tert-OH is 6. The molecule has 1 aromatic rings. The molecule has 10 heteroatoms. The van der Waals surface area contributed by atoms with E-state index in [1.165, 1.54) is 24.3 Å². The van der Waals surface area contributed by atoms with Crippen molar-refractivity contribution < 1.29 is 50.4 Å². The molecule has 0 saturated carbocycles. The van der Waals surface area contributed by atoms with Crippen molar-refractivity contribution in [3.63, 3.8) is 0 Å². The summed E-state index contributed by atoms with van der Waals surface area (Å²) in [5.41, 5.74) is -0.380. The topological polar surface area (TPSA) is 196 Å². The van der Waals surface area contributed by atoms with Gasteiger partial charge >= 0.3 is 11.9 Å². The number of hydrogen-bond donors (Lipinski definition) is 8. The van der Waals surface area contributed by atoms with Gasteiger partial charge in [-0.05, 0) is 12.1 Å². The number of rotatable bonds is 7. The van der Waals surface area contributed by atoms with Crippen LogP contribution >= 0.6 is 0 Å². The minimum absolute atomic E-state index is 0.190. The van der Waals surface area contributed by atoms with Crippen molar-refractivity contribution in [3.8, 4) is 0 Å². The molecule has 0 saturated heterocycles. The molecule has 0 aliphatic carbocycles. The van der Waals surface area contributed by atoms with Crippen LogP contribution in [0, 0.1) is 0 Å². The zero-order chi connectivity index (χ0) is 18.9. The van der Waals surface area contributed by atoms with Gasteiger partial charge in [-0.2, -0.15) is 0 Å². The Hall–Kier alpha value is -2.08. The Balaban J connectivity index is 0.000000441. The Labute approximate surface area is 136 Å². The second-order valence-corrected chi connectivity index (χ2v) is 4.64. The molecule has 1 rings (SSSR count). The predicted molar refractivity (Wildman–Crippen MR) is 78.6 cm³/mol. The van der Waals surface area contributed by atoms with Crippen LogP contribution < -0.4 is 0 Å². The summed E-state index contributed by atoms with van der Waals surface area (Å²) in [4.78, 5) is 20.9. The average molecular weight is 348 g/mol. The van der Waals surface area contributed by atoms with Crippen molar-refractivity contribution >= 4 is 11.9 Å². The van der Waals surface area contributed by atoms with Gasteiger partial charge in [0.15, 0.2) is 0 Å². The summed E-state index contributed by atoms with van der Waals surface area (Å²) in [5, 5.41) is 69.3. The third-order valence-electron chi connectivity index (χ3n) is 2.90. The smallest absolute Gasteiger partial charge is 0.336 e. The van der Waals surface area contributed by atoms with Gasteiger partial charge < -0.3 is 40.9 Å². The molecule has 0 fully saturated rings. The second kappa shape index (κ2) is 10.6. The third kappa shape index (κ3) is 6.58. The fourth-order valence-electron chi connectivity index (χ4n) is 1.53. The highest BCUT2D eigenvalue weighted by molar-refractivity contribution is 6.01. The molecule has 4 atom stereocenters. The number of carboxylic acids is 2. The van der Waals surface area contributed by atoms with Crippen molar-refractivity contribution in [2.75, 3.05) is 13.2 Å². The summed E-state index contributed by atoms with van der Waals surface area (Å²) < 4.78 is 0. The summed E-state index contributed by atoms with van der Waals surface area (Å²) in [6.07, 6.45) is -6.39. The highest BCUT2D eigenvalue weighted by atomic mass is 16.4. The lowest BCUT2D eigenvalue weighted by molar-refractivity contribution is -0.123. The van der Waals surface area contributed by atoms with Crippen molar-refractivity contribution in [1.82, 2.24) is 0 Å². The Morgan fingerprint density at radius 2 is 1.04 bits per heavy atom. The van der Waals surface area contributed by atoms with Crippen LogP contribution in [0.3, 0.4) is 0 Å². The molecular weight excluding hydrogens is 328 g/mol. The maximum absolute atomic E-state index is 10.5. The molecule has 0 spiro atoms. The zero-order valence-electron chi connectivity index (χ0n) is 12.4. The van der Waals surface area contributed by atoms with Gasteiger partial charge in [-0.25, -0.2) is 9.59 Å². The molecule has 0 radical (unpaired) electrons. The van der Waals surface area contributed by atoms with E-state index in [-0.39, 0.29) is 11.1 Å². The van der Waals surface area contributed by atoms with Gasteiger partial charge in [0.25, 0.3) is 0 Å². The second-order valence-electron chi connectivity index (χ2n) is 4.64. The summed E-state index contributed by atoms with van der Waals surface area (Å²) in [5.74, 6) is -2.46. The van der Waals surface area contributed by atoms with E-state index in [2.05, 4.69) is 0 Å². The summed E-state index contributed by atoms with van der Waals surface area (Å²) in [6.45, 7) is -1.45. The first-order valence-electron chi connectivity index (χ1n) is 6.66. The van der Waals surface area contributed by atoms with E-state index in [1.54, 1.807) is 0 Å². The van der Waals surface area contributed by atoms with Crippen LogP contribution in [0.5, 0.6) is 0 Å². The minimum Gasteiger partial charge on any atom is -0.478 e. The Bertz CT molecular complexity index is 485. The summed E-state index contributed by atoms with van der Waals surface area (Å²) in [6, 6.07) is 5.48. The van der Waals surface area contributed by atoms with Gasteiger partial charge in [-0.15, -0.1) is 0 Å². The number of aromatic carboxylic acids is 2. The van der Waals surface area contributed by atoms with Crippen LogP contribution in [-0.2, 0) is 0 Å². The molecule has 8 N–H and O–H groups in total. The molecule has 0 unspecified atom stereocenters. The van der Waals surface area contributed by atoms with E-state index in [0.29, 0.717) is 0 Å². The molecule has 24 heavy (non-hydrogen) atoms. The fourth-order valence-corrected chi connectivity index (χ4v) is 1.53. The summed E-state index contributed by atoms with van der Waals surface area (Å²) >= 11 is 0. The quantitative estimate of drug-likeness (QED) is 0.261. The van der Waals surface area contributed by atoms with Gasteiger partial charge in [0, 0.05) is 0 Å². The van der Waals surface area contributed by atoms with Crippen molar-refractivity contribution in [2.45, 2.75) is 24.4 Å². The van der Waals surface area contributed by atoms with Crippen LogP contribution in [0.4, 0.5) is 0 Å². The normalized spacial score (nSPS) is 15.4. The molecule has 0 aliphatic rings. The Morgan fingerprint density at radius 3 is 1.25 bits per heavy atom. The Morgan fingerprint density at radius 1 is 0.750 bits per heavy atom. The Kier molecular flexibility index (Phi) is 9.73. The first kappa shape index (κ1) is 21.9. The molecular formula is C14H20O10. The minimum atomic E-state index is -1.67. The number of aliphatic hydroxyl groups is 6. The SMILES string of the molecule is O=C(O)c1ccccc1C(=O)O.OC[C@@H](O)[C@@H](O)[C@H](O)[C@H](O)CO. The van der Waals surface area contributed by atoms with E-state index in [4.69, 9.17) is 40.9 Å². The van der Waals surface area contributed by atoms with Gasteiger partial charge in [-0.1, -0.05) is 12.1 Å². The monoisotopic (exact) mass is 348 g/mol. The predicted octanol–water partition coefficient (Wildman–Crippen LogP) is -2.50.